The number of nitrogens with zero attached hydrogens (tertiary/aromatic N) is 3. The molecule has 0 spiro atoms. The van der Waals surface area contributed by atoms with Gasteiger partial charge < -0.3 is 14.3 Å². The molecule has 49 heavy (non-hydrogen) atoms. The Morgan fingerprint density at radius 3 is 2.27 bits per heavy atom. The predicted octanol–water partition coefficient (Wildman–Crippen LogP) is 9.00. The topological polar surface area (TPSA) is 79.0 Å². The van der Waals surface area contributed by atoms with Crippen LogP contribution in [0.2, 0.25) is 0 Å². The van der Waals surface area contributed by atoms with Gasteiger partial charge >= 0.3 is 12.6 Å². The molecule has 7 nitrogen and oxygen atoms in total. The molecule has 2 aliphatic heterocycles. The number of alkyl halides is 2. The Bertz CT molecular complexity index is 2020. The molecule has 0 aliphatic carbocycles. The number of oxazole rings is 1. The zero-order valence-corrected chi connectivity index (χ0v) is 28.1. The molecular formula is C40H41F2N3O4. The van der Waals surface area contributed by atoms with E-state index < -0.39 is 18.6 Å². The number of carboxylic acids is 1. The van der Waals surface area contributed by atoms with Crippen LogP contribution < -0.4 is 4.74 Å². The number of benzene rings is 4. The molecule has 254 valence electrons. The van der Waals surface area contributed by atoms with Gasteiger partial charge in [-0.25, -0.2) is 4.98 Å². The third kappa shape index (κ3) is 6.70. The summed E-state index contributed by atoms with van der Waals surface area (Å²) in [6.45, 7) is 7.42. The average Bonchev–Trinajstić information content (AvgIpc) is 3.84. The summed E-state index contributed by atoms with van der Waals surface area (Å²) in [5.74, 6) is -0.591. The van der Waals surface area contributed by atoms with Crippen molar-refractivity contribution in [1.82, 2.24) is 14.8 Å². The quantitative estimate of drug-likeness (QED) is 0.160. The number of fused-ring (bicyclic) bond motifs is 1. The van der Waals surface area contributed by atoms with Crippen LogP contribution in [-0.2, 0) is 17.9 Å². The molecule has 2 saturated heterocycles. The van der Waals surface area contributed by atoms with Crippen LogP contribution in [0.25, 0.3) is 44.8 Å². The summed E-state index contributed by atoms with van der Waals surface area (Å²) in [5.41, 5.74) is 11.4. The van der Waals surface area contributed by atoms with Crippen molar-refractivity contribution in [2.45, 2.75) is 72.2 Å². The Labute approximate surface area is 285 Å². The average molecular weight is 666 g/mol. The molecule has 0 bridgehead atoms. The maximum Gasteiger partial charge on any atom is 0.387 e. The lowest BCUT2D eigenvalue weighted by Gasteiger charge is -2.22. The van der Waals surface area contributed by atoms with Crippen LogP contribution in [0.3, 0.4) is 0 Å². The van der Waals surface area contributed by atoms with Crippen molar-refractivity contribution in [2.24, 2.45) is 0 Å². The summed E-state index contributed by atoms with van der Waals surface area (Å²) in [5, 5.41) is 9.64. The molecule has 7 rings (SSSR count). The first kappa shape index (κ1) is 32.9. The van der Waals surface area contributed by atoms with E-state index in [1.165, 1.54) is 59.8 Å². The maximum atomic E-state index is 13.5. The lowest BCUT2D eigenvalue weighted by Crippen LogP contribution is -2.35. The zero-order valence-electron chi connectivity index (χ0n) is 28.1. The molecule has 0 saturated carbocycles. The molecule has 0 amide bonds. The normalized spacial score (nSPS) is 17.1. The van der Waals surface area contributed by atoms with Crippen molar-refractivity contribution in [3.8, 4) is 39.5 Å². The van der Waals surface area contributed by atoms with E-state index in [1.54, 1.807) is 11.0 Å². The number of ether oxygens (including phenoxy) is 1. The minimum absolute atomic E-state index is 0.0431. The summed E-state index contributed by atoms with van der Waals surface area (Å²) < 4.78 is 38.0. The number of hydrogen-bond acceptors (Lipinski definition) is 6. The number of carbonyl (C=O) groups is 1. The summed E-state index contributed by atoms with van der Waals surface area (Å²) >= 11 is 0. The van der Waals surface area contributed by atoms with Crippen molar-refractivity contribution < 1.29 is 27.8 Å². The third-order valence-electron chi connectivity index (χ3n) is 10.2. The number of halogens is 2. The Kier molecular flexibility index (Phi) is 9.22. The Hall–Kier alpha value is -4.60. The van der Waals surface area contributed by atoms with Crippen LogP contribution in [-0.4, -0.2) is 58.1 Å². The van der Waals surface area contributed by atoms with Crippen molar-refractivity contribution in [3.05, 3.63) is 94.5 Å². The van der Waals surface area contributed by atoms with Crippen molar-refractivity contribution in [1.29, 1.82) is 0 Å². The zero-order chi connectivity index (χ0) is 34.2. The first-order valence-corrected chi connectivity index (χ1v) is 17.0. The fourth-order valence-electron chi connectivity index (χ4n) is 7.58. The number of carboxylic acid groups (broad SMARTS) is 1. The Morgan fingerprint density at radius 2 is 1.57 bits per heavy atom. The molecule has 5 aromatic rings. The van der Waals surface area contributed by atoms with Crippen LogP contribution in [0.4, 0.5) is 8.78 Å². The van der Waals surface area contributed by atoms with Gasteiger partial charge in [0, 0.05) is 30.3 Å². The second-order valence-electron chi connectivity index (χ2n) is 13.4. The van der Waals surface area contributed by atoms with Crippen LogP contribution in [0.1, 0.15) is 53.5 Å². The van der Waals surface area contributed by atoms with E-state index in [2.05, 4.69) is 61.2 Å². The molecule has 0 unspecified atom stereocenters. The second kappa shape index (κ2) is 13.7. The van der Waals surface area contributed by atoms with E-state index >= 15 is 0 Å². The standard InChI is InChI=1S/C40H41F2N3O4/c1-24-19-27(14-15-28(24)22-44-16-4-5-17-44)30-9-6-10-31(25(30)2)32-11-7-12-33(26(32)3)38-43-34-20-29(23-45-18-8-13-35(45)39(46)47)36(49-40(41)42)21-37(34)48-38/h6-7,9-12,14-15,19-21,35,40H,4-5,8,13,16-18,22-23H2,1-3H3,(H,46,47)/t35-/m0/s1. The van der Waals surface area contributed by atoms with Crippen LogP contribution in [0, 0.1) is 20.8 Å². The van der Waals surface area contributed by atoms with E-state index in [1.807, 2.05) is 19.1 Å². The highest BCUT2D eigenvalue weighted by molar-refractivity contribution is 5.85. The highest BCUT2D eigenvalue weighted by Gasteiger charge is 2.31. The number of aryl methyl sites for hydroxylation is 1. The highest BCUT2D eigenvalue weighted by atomic mass is 19.3. The van der Waals surface area contributed by atoms with Gasteiger partial charge in [-0.15, -0.1) is 0 Å². The SMILES string of the molecule is Cc1cc(-c2cccc(-c3cccc(-c4nc5cc(CN6CCC[C@H]6C(=O)O)c(OC(F)F)cc5o4)c3C)c2C)ccc1CN1CCCC1. The Morgan fingerprint density at radius 1 is 0.878 bits per heavy atom. The summed E-state index contributed by atoms with van der Waals surface area (Å²) in [6.07, 6.45) is 3.80. The summed E-state index contributed by atoms with van der Waals surface area (Å²) in [6, 6.07) is 21.7. The first-order valence-electron chi connectivity index (χ1n) is 17.0. The van der Waals surface area contributed by atoms with E-state index in [4.69, 9.17) is 14.1 Å². The van der Waals surface area contributed by atoms with E-state index in [9.17, 15) is 18.7 Å². The van der Waals surface area contributed by atoms with Gasteiger partial charge in [-0.3, -0.25) is 14.6 Å². The van der Waals surface area contributed by atoms with Gasteiger partial charge in [0.25, 0.3) is 0 Å². The van der Waals surface area contributed by atoms with Crippen molar-refractivity contribution >= 4 is 17.1 Å². The van der Waals surface area contributed by atoms with Crippen LogP contribution >= 0.6 is 0 Å². The van der Waals surface area contributed by atoms with Gasteiger partial charge in [0.15, 0.2) is 5.58 Å². The molecule has 1 atom stereocenters. The smallest absolute Gasteiger partial charge is 0.387 e. The van der Waals surface area contributed by atoms with Crippen LogP contribution in [0.15, 0.2) is 71.1 Å². The van der Waals surface area contributed by atoms with Gasteiger partial charge in [0.1, 0.15) is 17.3 Å². The Balaban J connectivity index is 1.21. The van der Waals surface area contributed by atoms with E-state index in [0.29, 0.717) is 35.5 Å². The molecule has 2 fully saturated rings. The van der Waals surface area contributed by atoms with Gasteiger partial charge in [0.2, 0.25) is 5.89 Å². The predicted molar refractivity (Wildman–Crippen MR) is 187 cm³/mol. The molecule has 2 aliphatic rings. The van der Waals surface area contributed by atoms with Gasteiger partial charge in [-0.2, -0.15) is 8.78 Å². The minimum Gasteiger partial charge on any atom is -0.480 e. The van der Waals surface area contributed by atoms with Crippen molar-refractivity contribution in [3.63, 3.8) is 0 Å². The molecule has 1 N–H and O–H groups in total. The summed E-state index contributed by atoms with van der Waals surface area (Å²) in [4.78, 5) is 20.9. The van der Waals surface area contributed by atoms with E-state index in [0.717, 1.165) is 35.2 Å². The minimum atomic E-state index is -3.04. The lowest BCUT2D eigenvalue weighted by atomic mass is 9.88. The first-order chi connectivity index (χ1) is 23.7. The monoisotopic (exact) mass is 665 g/mol. The molecule has 9 heteroatoms. The molecule has 4 aromatic carbocycles. The maximum absolute atomic E-state index is 13.5. The lowest BCUT2D eigenvalue weighted by molar-refractivity contribution is -0.142. The number of aliphatic carboxylic acids is 1. The largest absolute Gasteiger partial charge is 0.480 e. The fraction of sp³-hybridized carbons (Fsp3) is 0.350. The van der Waals surface area contributed by atoms with Crippen LogP contribution in [0.5, 0.6) is 5.75 Å². The fourth-order valence-corrected chi connectivity index (χ4v) is 7.58. The molecule has 0 radical (unpaired) electrons. The van der Waals surface area contributed by atoms with Gasteiger partial charge in [-0.1, -0.05) is 48.5 Å². The molecule has 1 aromatic heterocycles. The molecule has 3 heterocycles. The van der Waals surface area contributed by atoms with Crippen molar-refractivity contribution in [2.75, 3.05) is 19.6 Å². The van der Waals surface area contributed by atoms with Gasteiger partial charge in [-0.05, 0) is 123 Å². The van der Waals surface area contributed by atoms with Gasteiger partial charge in [0.05, 0.1) is 0 Å². The number of rotatable bonds is 10. The van der Waals surface area contributed by atoms with E-state index in [-0.39, 0.29) is 12.3 Å². The number of likely N-dealkylation sites (tertiary alicyclic amines) is 2. The molecular weight excluding hydrogens is 624 g/mol. The second-order valence-corrected chi connectivity index (χ2v) is 13.4. The third-order valence-corrected chi connectivity index (χ3v) is 10.2. The number of hydrogen-bond donors (Lipinski definition) is 1. The summed E-state index contributed by atoms with van der Waals surface area (Å²) in [7, 11) is 0. The number of aromatic nitrogens is 1. The highest BCUT2D eigenvalue weighted by Crippen LogP contribution is 2.39.